The van der Waals surface area contributed by atoms with Crippen molar-refractivity contribution >= 4 is 17.5 Å². The fourth-order valence-electron chi connectivity index (χ4n) is 3.31. The average Bonchev–Trinajstić information content (AvgIpc) is 3.25. The van der Waals surface area contributed by atoms with Crippen LogP contribution in [-0.2, 0) is 0 Å². The van der Waals surface area contributed by atoms with Crippen LogP contribution in [0.15, 0.2) is 53.1 Å². The summed E-state index contributed by atoms with van der Waals surface area (Å²) in [4.78, 5) is 14.6. The van der Waals surface area contributed by atoms with E-state index in [-0.39, 0.29) is 17.6 Å². The molecule has 2 heterocycles. The summed E-state index contributed by atoms with van der Waals surface area (Å²) in [5.74, 6) is 1.50. The van der Waals surface area contributed by atoms with E-state index in [4.69, 9.17) is 25.6 Å². The average molecular weight is 428 g/mol. The maximum Gasteiger partial charge on any atom is 0.273 e. The van der Waals surface area contributed by atoms with E-state index < -0.39 is 0 Å². The van der Waals surface area contributed by atoms with Gasteiger partial charge in [-0.1, -0.05) is 35.0 Å². The van der Waals surface area contributed by atoms with E-state index in [2.05, 4.69) is 10.5 Å². The molecule has 30 heavy (non-hydrogen) atoms. The number of likely N-dealkylation sites (N-methyl/N-ethyl adjacent to an activating group) is 1. The standard InChI is InChI=1S/C22H22ClN3O4/c1-26(2)18(15-5-3-4-6-16(15)23)13-24-22(27)17-12-20(30-25-17)14-7-8-19-21(11-14)29-10-9-28-19/h3-8,11-12,18H,9-10,13H2,1-2H3,(H,24,27)/t18-/m1/s1. The van der Waals surface area contributed by atoms with E-state index in [0.717, 1.165) is 11.1 Å². The van der Waals surface area contributed by atoms with Crippen molar-refractivity contribution in [1.82, 2.24) is 15.4 Å². The van der Waals surface area contributed by atoms with Crippen LogP contribution in [0.3, 0.4) is 0 Å². The number of carbonyl (C=O) groups excluding carboxylic acids is 1. The van der Waals surface area contributed by atoms with Gasteiger partial charge in [-0.2, -0.15) is 0 Å². The summed E-state index contributed by atoms with van der Waals surface area (Å²) in [6.07, 6.45) is 0. The minimum absolute atomic E-state index is 0.0770. The summed E-state index contributed by atoms with van der Waals surface area (Å²) in [5, 5.41) is 7.49. The third kappa shape index (κ3) is 4.27. The molecule has 0 spiro atoms. The Morgan fingerprint density at radius 3 is 2.67 bits per heavy atom. The van der Waals surface area contributed by atoms with Crippen LogP contribution in [0.4, 0.5) is 0 Å². The lowest BCUT2D eigenvalue weighted by atomic mass is 10.1. The summed E-state index contributed by atoms with van der Waals surface area (Å²) in [7, 11) is 3.88. The van der Waals surface area contributed by atoms with Gasteiger partial charge < -0.3 is 24.2 Å². The summed E-state index contributed by atoms with van der Waals surface area (Å²) in [6, 6.07) is 14.6. The fourth-order valence-corrected chi connectivity index (χ4v) is 3.57. The Morgan fingerprint density at radius 2 is 1.90 bits per heavy atom. The quantitative estimate of drug-likeness (QED) is 0.644. The maximum absolute atomic E-state index is 12.6. The fraction of sp³-hybridized carbons (Fsp3) is 0.273. The Kier molecular flexibility index (Phi) is 5.92. The Morgan fingerprint density at radius 1 is 1.13 bits per heavy atom. The van der Waals surface area contributed by atoms with Crippen LogP contribution < -0.4 is 14.8 Å². The van der Waals surface area contributed by atoms with Crippen molar-refractivity contribution in [3.8, 4) is 22.8 Å². The highest BCUT2D eigenvalue weighted by molar-refractivity contribution is 6.31. The lowest BCUT2D eigenvalue weighted by Crippen LogP contribution is -2.34. The number of rotatable bonds is 6. The number of nitrogens with one attached hydrogen (secondary N) is 1. The Bertz CT molecular complexity index is 1050. The SMILES string of the molecule is CN(C)[C@H](CNC(=O)c1cc(-c2ccc3c(c2)OCCO3)on1)c1ccccc1Cl. The van der Waals surface area contributed by atoms with Crippen molar-refractivity contribution in [2.45, 2.75) is 6.04 Å². The molecular weight excluding hydrogens is 406 g/mol. The molecule has 1 aromatic heterocycles. The highest BCUT2D eigenvalue weighted by Gasteiger charge is 2.21. The summed E-state index contributed by atoms with van der Waals surface area (Å²) in [6.45, 7) is 1.40. The van der Waals surface area contributed by atoms with Gasteiger partial charge in [0.05, 0.1) is 6.04 Å². The van der Waals surface area contributed by atoms with E-state index in [1.165, 1.54) is 0 Å². The van der Waals surface area contributed by atoms with Crippen LogP contribution in [0, 0.1) is 0 Å². The molecule has 156 valence electrons. The molecule has 0 aliphatic carbocycles. The minimum atomic E-state index is -0.318. The van der Waals surface area contributed by atoms with Crippen LogP contribution in [0.5, 0.6) is 11.5 Å². The second-order valence-corrected chi connectivity index (χ2v) is 7.55. The Labute approximate surface area is 179 Å². The molecule has 1 amide bonds. The van der Waals surface area contributed by atoms with Crippen molar-refractivity contribution in [2.75, 3.05) is 33.9 Å². The molecule has 1 aliphatic heterocycles. The molecule has 0 saturated carbocycles. The molecule has 0 unspecified atom stereocenters. The summed E-state index contributed by atoms with van der Waals surface area (Å²) < 4.78 is 16.5. The highest BCUT2D eigenvalue weighted by Crippen LogP contribution is 2.34. The first-order valence-electron chi connectivity index (χ1n) is 9.58. The van der Waals surface area contributed by atoms with Gasteiger partial charge in [0.25, 0.3) is 5.91 Å². The zero-order chi connectivity index (χ0) is 21.1. The molecule has 4 rings (SSSR count). The van der Waals surface area contributed by atoms with E-state index in [1.54, 1.807) is 6.07 Å². The molecule has 0 radical (unpaired) electrons. The number of fused-ring (bicyclic) bond motifs is 1. The van der Waals surface area contributed by atoms with Gasteiger partial charge in [0, 0.05) is 23.2 Å². The monoisotopic (exact) mass is 427 g/mol. The van der Waals surface area contributed by atoms with Gasteiger partial charge in [0.15, 0.2) is 23.0 Å². The number of amides is 1. The topological polar surface area (TPSA) is 76.8 Å². The molecule has 1 atom stereocenters. The number of halogens is 1. The molecular formula is C22H22ClN3O4. The van der Waals surface area contributed by atoms with Crippen LogP contribution in [0.25, 0.3) is 11.3 Å². The zero-order valence-electron chi connectivity index (χ0n) is 16.7. The first-order chi connectivity index (χ1) is 14.5. The molecule has 8 heteroatoms. The molecule has 7 nitrogen and oxygen atoms in total. The third-order valence-corrected chi connectivity index (χ3v) is 5.26. The third-order valence-electron chi connectivity index (χ3n) is 4.91. The number of hydrogen-bond acceptors (Lipinski definition) is 6. The molecule has 1 aliphatic rings. The minimum Gasteiger partial charge on any atom is -0.486 e. The normalized spacial score (nSPS) is 13.9. The highest BCUT2D eigenvalue weighted by atomic mass is 35.5. The lowest BCUT2D eigenvalue weighted by molar-refractivity contribution is 0.0933. The van der Waals surface area contributed by atoms with Gasteiger partial charge in [-0.15, -0.1) is 0 Å². The smallest absolute Gasteiger partial charge is 0.273 e. The van der Waals surface area contributed by atoms with Crippen LogP contribution in [0.1, 0.15) is 22.1 Å². The maximum atomic E-state index is 12.6. The van der Waals surface area contributed by atoms with Crippen molar-refractivity contribution in [3.63, 3.8) is 0 Å². The lowest BCUT2D eigenvalue weighted by Gasteiger charge is -2.25. The molecule has 3 aromatic rings. The van der Waals surface area contributed by atoms with Crippen molar-refractivity contribution < 1.29 is 18.8 Å². The number of aromatic nitrogens is 1. The number of ether oxygens (including phenoxy) is 2. The van der Waals surface area contributed by atoms with Crippen molar-refractivity contribution in [3.05, 3.63) is 64.8 Å². The van der Waals surface area contributed by atoms with Gasteiger partial charge in [-0.3, -0.25) is 4.79 Å². The Balaban J connectivity index is 1.46. The number of carbonyl (C=O) groups is 1. The Hall–Kier alpha value is -3.03. The predicted molar refractivity (Wildman–Crippen MR) is 113 cm³/mol. The first kappa shape index (κ1) is 20.3. The van der Waals surface area contributed by atoms with Gasteiger partial charge in [-0.05, 0) is 43.9 Å². The first-order valence-corrected chi connectivity index (χ1v) is 9.96. The van der Waals surface area contributed by atoms with Gasteiger partial charge >= 0.3 is 0 Å². The summed E-state index contributed by atoms with van der Waals surface area (Å²) >= 11 is 6.33. The number of nitrogens with zero attached hydrogens (tertiary/aromatic N) is 2. The predicted octanol–water partition coefficient (Wildman–Crippen LogP) is 3.80. The van der Waals surface area contributed by atoms with E-state index >= 15 is 0 Å². The van der Waals surface area contributed by atoms with Gasteiger partial charge in [0.1, 0.15) is 13.2 Å². The second kappa shape index (κ2) is 8.77. The molecule has 1 N–H and O–H groups in total. The molecule has 0 saturated heterocycles. The summed E-state index contributed by atoms with van der Waals surface area (Å²) in [5.41, 5.74) is 1.91. The van der Waals surface area contributed by atoms with Crippen LogP contribution in [0.2, 0.25) is 5.02 Å². The van der Waals surface area contributed by atoms with E-state index in [0.29, 0.717) is 42.0 Å². The van der Waals surface area contributed by atoms with Crippen molar-refractivity contribution in [1.29, 1.82) is 0 Å². The van der Waals surface area contributed by atoms with Gasteiger partial charge in [-0.25, -0.2) is 0 Å². The number of benzene rings is 2. The van der Waals surface area contributed by atoms with Crippen LogP contribution >= 0.6 is 11.6 Å². The van der Waals surface area contributed by atoms with Crippen LogP contribution in [-0.4, -0.2) is 49.8 Å². The van der Waals surface area contributed by atoms with E-state index in [1.807, 2.05) is 61.5 Å². The van der Waals surface area contributed by atoms with E-state index in [9.17, 15) is 4.79 Å². The molecule has 0 fully saturated rings. The van der Waals surface area contributed by atoms with Crippen molar-refractivity contribution in [2.24, 2.45) is 0 Å². The second-order valence-electron chi connectivity index (χ2n) is 7.15. The van der Waals surface area contributed by atoms with Gasteiger partial charge in [0.2, 0.25) is 0 Å². The molecule has 0 bridgehead atoms. The number of hydrogen-bond donors (Lipinski definition) is 1. The largest absolute Gasteiger partial charge is 0.486 e. The molecule has 2 aromatic carbocycles. The zero-order valence-corrected chi connectivity index (χ0v) is 17.5.